The van der Waals surface area contributed by atoms with Crippen LogP contribution in [0.4, 0.5) is 14.5 Å². The van der Waals surface area contributed by atoms with Crippen LogP contribution in [-0.2, 0) is 0 Å². The zero-order valence-electron chi connectivity index (χ0n) is 11.2. The predicted molar refractivity (Wildman–Crippen MR) is 77.2 cm³/mol. The van der Waals surface area contributed by atoms with Crippen molar-refractivity contribution >= 4 is 22.4 Å². The Morgan fingerprint density at radius 1 is 1.14 bits per heavy atom. The molecular formula is C16H12F2N2O. The van der Waals surface area contributed by atoms with Gasteiger partial charge < -0.3 is 10.7 Å². The van der Waals surface area contributed by atoms with Gasteiger partial charge in [0.2, 0.25) is 0 Å². The molecule has 3 nitrogen and oxygen atoms in total. The Balaban J connectivity index is 2.20. The van der Waals surface area contributed by atoms with E-state index in [1.165, 1.54) is 6.20 Å². The van der Waals surface area contributed by atoms with E-state index in [1.807, 2.05) is 25.1 Å². The van der Waals surface area contributed by atoms with Gasteiger partial charge in [-0.2, -0.15) is 0 Å². The van der Waals surface area contributed by atoms with Crippen molar-refractivity contribution in [3.63, 3.8) is 0 Å². The van der Waals surface area contributed by atoms with E-state index in [4.69, 9.17) is 5.73 Å². The molecule has 0 aliphatic carbocycles. The minimum Gasteiger partial charge on any atom is -0.396 e. The van der Waals surface area contributed by atoms with Crippen molar-refractivity contribution in [2.75, 3.05) is 5.73 Å². The maximum absolute atomic E-state index is 13.8. The van der Waals surface area contributed by atoms with Crippen LogP contribution in [0, 0.1) is 18.6 Å². The highest BCUT2D eigenvalue weighted by molar-refractivity contribution is 6.17. The van der Waals surface area contributed by atoms with Crippen molar-refractivity contribution in [1.29, 1.82) is 0 Å². The van der Waals surface area contributed by atoms with Gasteiger partial charge in [0.15, 0.2) is 5.78 Å². The molecule has 2 aromatic carbocycles. The van der Waals surface area contributed by atoms with Crippen molar-refractivity contribution in [2.24, 2.45) is 0 Å². The van der Waals surface area contributed by atoms with Crippen molar-refractivity contribution in [1.82, 2.24) is 4.98 Å². The Bertz CT molecular complexity index is 868. The summed E-state index contributed by atoms with van der Waals surface area (Å²) in [7, 11) is 0. The molecule has 0 saturated carbocycles. The van der Waals surface area contributed by atoms with E-state index < -0.39 is 17.4 Å². The van der Waals surface area contributed by atoms with Gasteiger partial charge in [0, 0.05) is 28.7 Å². The fourth-order valence-electron chi connectivity index (χ4n) is 2.43. The first-order chi connectivity index (χ1) is 9.99. The van der Waals surface area contributed by atoms with Gasteiger partial charge in [0.05, 0.1) is 11.3 Å². The Morgan fingerprint density at radius 2 is 1.90 bits per heavy atom. The van der Waals surface area contributed by atoms with E-state index in [0.717, 1.165) is 22.5 Å². The van der Waals surface area contributed by atoms with Gasteiger partial charge in [-0.1, -0.05) is 12.1 Å². The molecule has 3 N–H and O–H groups in total. The summed E-state index contributed by atoms with van der Waals surface area (Å²) in [5.74, 6) is -2.33. The molecule has 3 aromatic rings. The number of fused-ring (bicyclic) bond motifs is 1. The molecule has 0 unspecified atom stereocenters. The van der Waals surface area contributed by atoms with Crippen LogP contribution in [0.2, 0.25) is 0 Å². The maximum Gasteiger partial charge on any atom is 0.198 e. The summed E-state index contributed by atoms with van der Waals surface area (Å²) in [6.45, 7) is 1.86. The number of nitrogens with one attached hydrogen (secondary N) is 1. The van der Waals surface area contributed by atoms with Gasteiger partial charge in [0.1, 0.15) is 11.6 Å². The quantitative estimate of drug-likeness (QED) is 0.559. The molecule has 0 atom stereocenters. The van der Waals surface area contributed by atoms with Crippen LogP contribution >= 0.6 is 0 Å². The van der Waals surface area contributed by atoms with Crippen LogP contribution in [0.3, 0.4) is 0 Å². The van der Waals surface area contributed by atoms with E-state index in [0.29, 0.717) is 11.6 Å². The fourth-order valence-corrected chi connectivity index (χ4v) is 2.43. The smallest absolute Gasteiger partial charge is 0.198 e. The molecule has 1 aromatic heterocycles. The number of hydrogen-bond donors (Lipinski definition) is 2. The van der Waals surface area contributed by atoms with Gasteiger partial charge in [-0.15, -0.1) is 0 Å². The number of aromatic nitrogens is 1. The SMILES string of the molecule is Cc1cccc2[nH]cc(C(=O)c3cc(N)c(F)cc3F)c12. The molecule has 3 rings (SSSR count). The van der Waals surface area contributed by atoms with Gasteiger partial charge in [-0.05, 0) is 24.6 Å². The van der Waals surface area contributed by atoms with E-state index in [1.54, 1.807) is 0 Å². The number of anilines is 1. The molecule has 0 aliphatic rings. The number of nitrogen functional groups attached to an aromatic ring is 1. The summed E-state index contributed by atoms with van der Waals surface area (Å²) in [5.41, 5.74) is 6.95. The first-order valence-electron chi connectivity index (χ1n) is 6.35. The third kappa shape index (κ3) is 2.07. The van der Waals surface area contributed by atoms with Crippen LogP contribution in [0.5, 0.6) is 0 Å². The second kappa shape index (κ2) is 4.70. The Kier molecular flexibility index (Phi) is 2.97. The third-order valence-electron chi connectivity index (χ3n) is 3.49. The Hall–Kier alpha value is -2.69. The zero-order chi connectivity index (χ0) is 15.1. The summed E-state index contributed by atoms with van der Waals surface area (Å²) >= 11 is 0. The van der Waals surface area contributed by atoms with Gasteiger partial charge in [-0.3, -0.25) is 4.79 Å². The Morgan fingerprint density at radius 3 is 2.67 bits per heavy atom. The summed E-state index contributed by atoms with van der Waals surface area (Å²) in [4.78, 5) is 15.5. The number of H-pyrrole nitrogens is 1. The minimum absolute atomic E-state index is 0.238. The number of ketones is 1. The molecule has 0 aliphatic heterocycles. The number of benzene rings is 2. The highest BCUT2D eigenvalue weighted by atomic mass is 19.1. The normalized spacial score (nSPS) is 11.0. The lowest BCUT2D eigenvalue weighted by Crippen LogP contribution is -2.06. The average Bonchev–Trinajstić information content (AvgIpc) is 2.87. The van der Waals surface area contributed by atoms with Gasteiger partial charge >= 0.3 is 0 Å². The van der Waals surface area contributed by atoms with Gasteiger partial charge in [-0.25, -0.2) is 8.78 Å². The van der Waals surface area contributed by atoms with Crippen molar-refractivity contribution in [3.8, 4) is 0 Å². The highest BCUT2D eigenvalue weighted by Gasteiger charge is 2.20. The monoisotopic (exact) mass is 286 g/mol. The first-order valence-corrected chi connectivity index (χ1v) is 6.35. The molecule has 0 spiro atoms. The lowest BCUT2D eigenvalue weighted by molar-refractivity contribution is 0.103. The molecule has 0 bridgehead atoms. The van der Waals surface area contributed by atoms with Crippen LogP contribution in [-0.4, -0.2) is 10.8 Å². The number of aromatic amines is 1. The maximum atomic E-state index is 13.8. The molecule has 0 radical (unpaired) electrons. The zero-order valence-corrected chi connectivity index (χ0v) is 11.2. The average molecular weight is 286 g/mol. The van der Waals surface area contributed by atoms with E-state index in [9.17, 15) is 13.6 Å². The number of rotatable bonds is 2. The van der Waals surface area contributed by atoms with E-state index in [-0.39, 0.29) is 11.3 Å². The van der Waals surface area contributed by atoms with Crippen LogP contribution in [0.1, 0.15) is 21.5 Å². The molecule has 5 heteroatoms. The minimum atomic E-state index is -0.922. The number of carbonyl (C=O) groups is 1. The molecular weight excluding hydrogens is 274 g/mol. The van der Waals surface area contributed by atoms with Crippen LogP contribution in [0.15, 0.2) is 36.5 Å². The van der Waals surface area contributed by atoms with Crippen molar-refractivity contribution in [2.45, 2.75) is 6.92 Å². The predicted octanol–water partition coefficient (Wildman–Crippen LogP) is 3.57. The summed E-state index contributed by atoms with van der Waals surface area (Å²) in [6, 6.07) is 7.21. The molecule has 0 saturated heterocycles. The first kappa shape index (κ1) is 13.3. The standard InChI is InChI=1S/C16H12F2N2O/c1-8-3-2-4-14-15(8)10(7-20-14)16(21)9-5-13(19)12(18)6-11(9)17/h2-7,20H,19H2,1H3. The second-order valence-corrected chi connectivity index (χ2v) is 4.88. The van der Waals surface area contributed by atoms with Crippen molar-refractivity contribution < 1.29 is 13.6 Å². The fraction of sp³-hybridized carbons (Fsp3) is 0.0625. The molecule has 106 valence electrons. The molecule has 0 amide bonds. The second-order valence-electron chi connectivity index (χ2n) is 4.88. The topological polar surface area (TPSA) is 58.9 Å². The van der Waals surface area contributed by atoms with Crippen LogP contribution in [0.25, 0.3) is 10.9 Å². The Labute approximate surface area is 119 Å². The molecule has 0 fully saturated rings. The van der Waals surface area contributed by atoms with Crippen molar-refractivity contribution in [3.05, 3.63) is 64.9 Å². The summed E-state index contributed by atoms with van der Waals surface area (Å²) in [5, 5.41) is 0.727. The largest absolute Gasteiger partial charge is 0.396 e. The number of nitrogens with two attached hydrogens (primary N) is 1. The number of carbonyl (C=O) groups excluding carboxylic acids is 1. The summed E-state index contributed by atoms with van der Waals surface area (Å²) < 4.78 is 27.0. The lowest BCUT2D eigenvalue weighted by Gasteiger charge is -2.05. The van der Waals surface area contributed by atoms with Crippen LogP contribution < -0.4 is 5.73 Å². The third-order valence-corrected chi connectivity index (χ3v) is 3.49. The molecule has 1 heterocycles. The highest BCUT2D eigenvalue weighted by Crippen LogP contribution is 2.26. The number of aryl methyl sites for hydroxylation is 1. The number of halogens is 2. The lowest BCUT2D eigenvalue weighted by atomic mass is 9.99. The van der Waals surface area contributed by atoms with E-state index >= 15 is 0 Å². The number of hydrogen-bond acceptors (Lipinski definition) is 2. The summed E-state index contributed by atoms with van der Waals surface area (Å²) in [6.07, 6.45) is 1.53. The molecule has 21 heavy (non-hydrogen) atoms. The van der Waals surface area contributed by atoms with E-state index in [2.05, 4.69) is 4.98 Å². The van der Waals surface area contributed by atoms with Gasteiger partial charge in [0.25, 0.3) is 0 Å².